The average molecular weight is 354 g/mol. The van der Waals surface area contributed by atoms with Gasteiger partial charge in [-0.15, -0.1) is 0 Å². The highest BCUT2D eigenvalue weighted by Crippen LogP contribution is 2.38. The van der Waals surface area contributed by atoms with Gasteiger partial charge in [0.15, 0.2) is 11.5 Å². The van der Waals surface area contributed by atoms with Crippen LogP contribution in [0, 0.1) is 0 Å². The number of ether oxygens (including phenoxy) is 2. The third-order valence-corrected chi connectivity index (χ3v) is 6.00. The molecular weight excluding hydrogens is 338 g/mol. The summed E-state index contributed by atoms with van der Waals surface area (Å²) in [5, 5.41) is 0.565. The minimum Gasteiger partial charge on any atom is -0.493 e. The number of halogens is 1. The van der Waals surface area contributed by atoms with E-state index in [-0.39, 0.29) is 4.90 Å². The van der Waals surface area contributed by atoms with E-state index >= 15 is 0 Å². The van der Waals surface area contributed by atoms with E-state index in [0.29, 0.717) is 35.2 Å². The summed E-state index contributed by atoms with van der Waals surface area (Å²) in [6, 6.07) is 10.0. The molecule has 0 radical (unpaired) electrons. The van der Waals surface area contributed by atoms with Crippen molar-refractivity contribution >= 4 is 27.3 Å². The van der Waals surface area contributed by atoms with Gasteiger partial charge in [0, 0.05) is 17.6 Å². The second-order valence-electron chi connectivity index (χ2n) is 5.12. The van der Waals surface area contributed by atoms with Crippen molar-refractivity contribution < 1.29 is 17.9 Å². The van der Waals surface area contributed by atoms with Crippen LogP contribution in [0.1, 0.15) is 5.56 Å². The fourth-order valence-electron chi connectivity index (χ4n) is 2.67. The van der Waals surface area contributed by atoms with E-state index in [9.17, 15) is 8.42 Å². The van der Waals surface area contributed by atoms with Crippen molar-refractivity contribution in [3.63, 3.8) is 0 Å². The molecule has 0 saturated carbocycles. The van der Waals surface area contributed by atoms with Crippen LogP contribution in [0.2, 0.25) is 5.02 Å². The Balaban J connectivity index is 2.10. The number of anilines is 1. The second kappa shape index (κ2) is 5.94. The van der Waals surface area contributed by atoms with Crippen LogP contribution < -0.4 is 13.8 Å². The standard InChI is InChI=1S/C16H16ClNO4S/c1-21-14-9-11-7-8-18(13-5-3-12(17)4-6-13)23(19,20)16(11)10-15(14)22-2/h3-6,9-10H,7-8H2,1-2H3. The minimum atomic E-state index is -3.65. The summed E-state index contributed by atoms with van der Waals surface area (Å²) in [7, 11) is -0.639. The van der Waals surface area contributed by atoms with Gasteiger partial charge < -0.3 is 9.47 Å². The molecular formula is C16H16ClNO4S. The largest absolute Gasteiger partial charge is 0.493 e. The molecule has 5 nitrogen and oxygen atoms in total. The van der Waals surface area contributed by atoms with Gasteiger partial charge in [-0.2, -0.15) is 0 Å². The summed E-state index contributed by atoms with van der Waals surface area (Å²) in [5.74, 6) is 0.925. The smallest absolute Gasteiger partial charge is 0.264 e. The van der Waals surface area contributed by atoms with Gasteiger partial charge in [0.1, 0.15) is 0 Å². The number of hydrogen-bond donors (Lipinski definition) is 0. The molecule has 0 fully saturated rings. The summed E-state index contributed by atoms with van der Waals surface area (Å²) in [6.45, 7) is 0.368. The van der Waals surface area contributed by atoms with Crippen LogP contribution >= 0.6 is 11.6 Å². The highest BCUT2D eigenvalue weighted by atomic mass is 35.5. The molecule has 0 bridgehead atoms. The zero-order valence-corrected chi connectivity index (χ0v) is 14.3. The first-order valence-corrected chi connectivity index (χ1v) is 8.82. The summed E-state index contributed by atoms with van der Waals surface area (Å²) in [4.78, 5) is 0.247. The fourth-order valence-corrected chi connectivity index (χ4v) is 4.52. The minimum absolute atomic E-state index is 0.247. The van der Waals surface area contributed by atoms with Crippen molar-refractivity contribution in [1.29, 1.82) is 0 Å². The van der Waals surface area contributed by atoms with Gasteiger partial charge in [0.05, 0.1) is 24.8 Å². The Kier molecular flexibility index (Phi) is 4.12. The molecule has 1 heterocycles. The van der Waals surface area contributed by atoms with Crippen LogP contribution in [-0.4, -0.2) is 29.2 Å². The second-order valence-corrected chi connectivity index (χ2v) is 7.39. The quantitative estimate of drug-likeness (QED) is 0.850. The van der Waals surface area contributed by atoms with Crippen LogP contribution in [0.4, 0.5) is 5.69 Å². The molecule has 0 spiro atoms. The van der Waals surface area contributed by atoms with Crippen LogP contribution in [0.3, 0.4) is 0 Å². The van der Waals surface area contributed by atoms with Gasteiger partial charge >= 0.3 is 0 Å². The molecule has 1 aliphatic rings. The van der Waals surface area contributed by atoms with Crippen molar-refractivity contribution in [2.75, 3.05) is 25.1 Å². The van der Waals surface area contributed by atoms with E-state index in [4.69, 9.17) is 21.1 Å². The molecule has 122 valence electrons. The van der Waals surface area contributed by atoms with Crippen LogP contribution in [-0.2, 0) is 16.4 Å². The highest BCUT2D eigenvalue weighted by Gasteiger charge is 2.33. The third-order valence-electron chi connectivity index (χ3n) is 3.83. The molecule has 2 aromatic rings. The number of nitrogens with zero attached hydrogens (tertiary/aromatic N) is 1. The fraction of sp³-hybridized carbons (Fsp3) is 0.250. The zero-order chi connectivity index (χ0) is 16.6. The van der Waals surface area contributed by atoms with Crippen molar-refractivity contribution in [2.24, 2.45) is 0 Å². The molecule has 0 unspecified atom stereocenters. The SMILES string of the molecule is COc1cc2c(cc1OC)S(=O)(=O)N(c1ccc(Cl)cc1)CC2. The van der Waals surface area contributed by atoms with Crippen LogP contribution in [0.5, 0.6) is 11.5 Å². The number of benzene rings is 2. The van der Waals surface area contributed by atoms with Gasteiger partial charge in [0.25, 0.3) is 10.0 Å². The predicted molar refractivity (Wildman–Crippen MR) is 89.2 cm³/mol. The number of hydrogen-bond acceptors (Lipinski definition) is 4. The van der Waals surface area contributed by atoms with Gasteiger partial charge in [-0.3, -0.25) is 4.31 Å². The topological polar surface area (TPSA) is 55.8 Å². The predicted octanol–water partition coefficient (Wildman–Crippen LogP) is 3.11. The number of methoxy groups -OCH3 is 2. The molecule has 0 aromatic heterocycles. The molecule has 0 saturated heterocycles. The lowest BCUT2D eigenvalue weighted by atomic mass is 10.1. The lowest BCUT2D eigenvalue weighted by molar-refractivity contribution is 0.353. The Hall–Kier alpha value is -1.92. The van der Waals surface area contributed by atoms with E-state index < -0.39 is 10.0 Å². The number of rotatable bonds is 3. The maximum absolute atomic E-state index is 13.0. The Labute approximate surface area is 140 Å². The summed E-state index contributed by atoms with van der Waals surface area (Å²) in [5.41, 5.74) is 1.32. The Morgan fingerprint density at radius 2 is 1.65 bits per heavy atom. The van der Waals surface area contributed by atoms with Crippen LogP contribution in [0.25, 0.3) is 0 Å². The van der Waals surface area contributed by atoms with E-state index in [2.05, 4.69) is 0 Å². The molecule has 23 heavy (non-hydrogen) atoms. The van der Waals surface area contributed by atoms with Crippen molar-refractivity contribution in [3.8, 4) is 11.5 Å². The van der Waals surface area contributed by atoms with E-state index in [1.807, 2.05) is 0 Å². The Bertz CT molecular complexity index is 834. The monoisotopic (exact) mass is 353 g/mol. The van der Waals surface area contributed by atoms with Crippen molar-refractivity contribution in [3.05, 3.63) is 47.0 Å². The summed E-state index contributed by atoms with van der Waals surface area (Å²) >= 11 is 5.88. The molecule has 3 rings (SSSR count). The van der Waals surface area contributed by atoms with E-state index in [0.717, 1.165) is 5.56 Å². The number of sulfonamides is 1. The number of fused-ring (bicyclic) bond motifs is 1. The Morgan fingerprint density at radius 1 is 1.04 bits per heavy atom. The maximum Gasteiger partial charge on any atom is 0.264 e. The van der Waals surface area contributed by atoms with Gasteiger partial charge in [-0.25, -0.2) is 8.42 Å². The first-order valence-electron chi connectivity index (χ1n) is 7.00. The molecule has 0 N–H and O–H groups in total. The normalized spacial score (nSPS) is 15.9. The lowest BCUT2D eigenvalue weighted by Gasteiger charge is -2.30. The first-order chi connectivity index (χ1) is 11.0. The third kappa shape index (κ3) is 2.72. The van der Waals surface area contributed by atoms with Crippen molar-refractivity contribution in [1.82, 2.24) is 0 Å². The summed E-state index contributed by atoms with van der Waals surface area (Å²) in [6.07, 6.45) is 0.595. The highest BCUT2D eigenvalue weighted by molar-refractivity contribution is 7.93. The van der Waals surface area contributed by atoms with Gasteiger partial charge in [0.2, 0.25) is 0 Å². The Morgan fingerprint density at radius 3 is 2.26 bits per heavy atom. The van der Waals surface area contributed by atoms with Crippen LogP contribution in [0.15, 0.2) is 41.3 Å². The zero-order valence-electron chi connectivity index (χ0n) is 12.7. The molecule has 0 amide bonds. The van der Waals surface area contributed by atoms with Gasteiger partial charge in [-0.1, -0.05) is 11.6 Å². The maximum atomic E-state index is 13.0. The van der Waals surface area contributed by atoms with E-state index in [1.165, 1.54) is 24.6 Å². The van der Waals surface area contributed by atoms with E-state index in [1.54, 1.807) is 30.3 Å². The summed E-state index contributed by atoms with van der Waals surface area (Å²) < 4.78 is 37.8. The van der Waals surface area contributed by atoms with Crippen molar-refractivity contribution in [2.45, 2.75) is 11.3 Å². The first kappa shape index (κ1) is 16.0. The average Bonchev–Trinajstić information content (AvgIpc) is 2.55. The van der Waals surface area contributed by atoms with Gasteiger partial charge in [-0.05, 0) is 42.3 Å². The molecule has 1 aliphatic heterocycles. The molecule has 7 heteroatoms. The lowest BCUT2D eigenvalue weighted by Crippen LogP contribution is -2.37. The molecule has 2 aromatic carbocycles. The molecule has 0 atom stereocenters. The molecule has 0 aliphatic carbocycles.